The summed E-state index contributed by atoms with van der Waals surface area (Å²) in [5.41, 5.74) is 1.10. The molecule has 3 aromatic rings. The Balaban J connectivity index is 1.78. The molecular weight excluding hydrogens is 360 g/mol. The first-order valence-corrected chi connectivity index (χ1v) is 8.84. The summed E-state index contributed by atoms with van der Waals surface area (Å²) in [6.45, 7) is 2.22. The fraction of sp³-hybridized carbons (Fsp3) is 0.238. The molecule has 1 N–H and O–H groups in total. The number of aryl methyl sites for hydroxylation is 1. The summed E-state index contributed by atoms with van der Waals surface area (Å²) in [4.78, 5) is 24.7. The van der Waals surface area contributed by atoms with E-state index in [4.69, 9.17) is 14.2 Å². The summed E-state index contributed by atoms with van der Waals surface area (Å²) in [7, 11) is 3.06. The molecule has 0 saturated heterocycles. The zero-order valence-electron chi connectivity index (χ0n) is 16.0. The average Bonchev–Trinajstić information content (AvgIpc) is 2.72. The number of rotatable bonds is 7. The fourth-order valence-corrected chi connectivity index (χ4v) is 2.98. The predicted octanol–water partition coefficient (Wildman–Crippen LogP) is 3.06. The maximum atomic E-state index is 12.3. The van der Waals surface area contributed by atoms with E-state index in [1.54, 1.807) is 29.9 Å². The van der Waals surface area contributed by atoms with Crippen LogP contribution in [0.2, 0.25) is 0 Å². The zero-order chi connectivity index (χ0) is 20.1. The molecule has 1 heterocycles. The van der Waals surface area contributed by atoms with Gasteiger partial charge >= 0.3 is 0 Å². The van der Waals surface area contributed by atoms with Gasteiger partial charge in [0.05, 0.1) is 25.4 Å². The molecule has 0 aliphatic heterocycles. The van der Waals surface area contributed by atoms with Crippen molar-refractivity contribution in [3.05, 3.63) is 58.9 Å². The summed E-state index contributed by atoms with van der Waals surface area (Å²) in [6.07, 6.45) is 0. The van der Waals surface area contributed by atoms with Gasteiger partial charge in [0, 0.05) is 24.1 Å². The van der Waals surface area contributed by atoms with Crippen molar-refractivity contribution >= 4 is 22.5 Å². The van der Waals surface area contributed by atoms with Gasteiger partial charge in [0.2, 0.25) is 0 Å². The van der Waals surface area contributed by atoms with Gasteiger partial charge in [0.25, 0.3) is 11.5 Å². The highest BCUT2D eigenvalue weighted by atomic mass is 16.5. The number of ether oxygens (including phenoxy) is 3. The largest absolute Gasteiger partial charge is 0.497 e. The first-order valence-electron chi connectivity index (χ1n) is 8.84. The van der Waals surface area contributed by atoms with Crippen molar-refractivity contribution in [3.8, 4) is 17.2 Å². The van der Waals surface area contributed by atoms with Gasteiger partial charge in [-0.1, -0.05) is 12.1 Å². The van der Waals surface area contributed by atoms with Crippen LogP contribution in [0.1, 0.15) is 6.92 Å². The van der Waals surface area contributed by atoms with Crippen molar-refractivity contribution in [2.75, 3.05) is 26.1 Å². The van der Waals surface area contributed by atoms with Crippen molar-refractivity contribution in [3.63, 3.8) is 0 Å². The monoisotopic (exact) mass is 382 g/mol. The predicted molar refractivity (Wildman–Crippen MR) is 108 cm³/mol. The molecule has 0 spiro atoms. The van der Waals surface area contributed by atoms with Crippen LogP contribution in [-0.2, 0) is 11.3 Å². The van der Waals surface area contributed by atoms with Gasteiger partial charge in [-0.15, -0.1) is 0 Å². The Morgan fingerprint density at radius 3 is 2.54 bits per heavy atom. The molecule has 0 saturated carbocycles. The zero-order valence-corrected chi connectivity index (χ0v) is 16.0. The van der Waals surface area contributed by atoms with Crippen LogP contribution >= 0.6 is 0 Å². The number of methoxy groups -OCH3 is 2. The Labute approximate surface area is 162 Å². The molecule has 0 unspecified atom stereocenters. The number of hydrogen-bond acceptors (Lipinski definition) is 5. The Morgan fingerprint density at radius 1 is 1.04 bits per heavy atom. The number of fused-ring (bicyclic) bond motifs is 1. The van der Waals surface area contributed by atoms with Gasteiger partial charge < -0.3 is 24.1 Å². The van der Waals surface area contributed by atoms with E-state index in [9.17, 15) is 9.59 Å². The molecule has 0 atom stereocenters. The van der Waals surface area contributed by atoms with E-state index in [-0.39, 0.29) is 18.1 Å². The summed E-state index contributed by atoms with van der Waals surface area (Å²) in [5.74, 6) is 1.10. The number of aromatic nitrogens is 1. The Morgan fingerprint density at radius 2 is 1.82 bits per heavy atom. The van der Waals surface area contributed by atoms with Crippen LogP contribution < -0.4 is 25.1 Å². The van der Waals surface area contributed by atoms with Crippen molar-refractivity contribution in [1.82, 2.24) is 4.57 Å². The molecule has 1 amide bonds. The lowest BCUT2D eigenvalue weighted by Crippen LogP contribution is -2.23. The van der Waals surface area contributed by atoms with Crippen LogP contribution in [0.5, 0.6) is 17.2 Å². The highest BCUT2D eigenvalue weighted by molar-refractivity contribution is 5.94. The minimum absolute atomic E-state index is 0.173. The van der Waals surface area contributed by atoms with E-state index in [2.05, 4.69) is 5.32 Å². The van der Waals surface area contributed by atoms with Gasteiger partial charge in [0.15, 0.2) is 6.61 Å². The smallest absolute Gasteiger partial charge is 0.262 e. The minimum atomic E-state index is -0.368. The molecule has 28 heavy (non-hydrogen) atoms. The van der Waals surface area contributed by atoms with Crippen molar-refractivity contribution < 1.29 is 19.0 Å². The number of nitrogens with zero attached hydrogens (tertiary/aromatic N) is 1. The second-order valence-corrected chi connectivity index (χ2v) is 6.01. The van der Waals surface area contributed by atoms with Gasteiger partial charge in [-0.25, -0.2) is 0 Å². The van der Waals surface area contributed by atoms with Gasteiger partial charge in [-0.3, -0.25) is 9.59 Å². The van der Waals surface area contributed by atoms with Crippen LogP contribution in [0.4, 0.5) is 5.69 Å². The second kappa shape index (κ2) is 8.47. The summed E-state index contributed by atoms with van der Waals surface area (Å²) < 4.78 is 17.7. The van der Waals surface area contributed by atoms with Crippen LogP contribution in [0.15, 0.2) is 53.3 Å². The number of anilines is 1. The number of hydrogen-bond donors (Lipinski definition) is 1. The van der Waals surface area contributed by atoms with E-state index >= 15 is 0 Å². The highest BCUT2D eigenvalue weighted by Crippen LogP contribution is 2.29. The lowest BCUT2D eigenvalue weighted by Gasteiger charge is -2.14. The van der Waals surface area contributed by atoms with E-state index < -0.39 is 0 Å². The Hall–Kier alpha value is -3.48. The first-order chi connectivity index (χ1) is 13.6. The molecule has 0 bridgehead atoms. The van der Waals surface area contributed by atoms with Crippen molar-refractivity contribution in [1.29, 1.82) is 0 Å². The Kier molecular flexibility index (Phi) is 5.84. The minimum Gasteiger partial charge on any atom is -0.497 e. The van der Waals surface area contributed by atoms with Gasteiger partial charge in [0.1, 0.15) is 17.2 Å². The lowest BCUT2D eigenvalue weighted by atomic mass is 10.2. The van der Waals surface area contributed by atoms with E-state index in [1.807, 2.05) is 31.2 Å². The van der Waals surface area contributed by atoms with E-state index in [0.717, 1.165) is 10.9 Å². The fourth-order valence-electron chi connectivity index (χ4n) is 2.98. The molecule has 0 radical (unpaired) electrons. The number of amides is 1. The molecular formula is C21H22N2O5. The van der Waals surface area contributed by atoms with Crippen LogP contribution in [0, 0.1) is 0 Å². The van der Waals surface area contributed by atoms with E-state index in [0.29, 0.717) is 29.5 Å². The lowest BCUT2D eigenvalue weighted by molar-refractivity contribution is -0.118. The van der Waals surface area contributed by atoms with Crippen molar-refractivity contribution in [2.45, 2.75) is 13.5 Å². The maximum Gasteiger partial charge on any atom is 0.262 e. The molecule has 0 aliphatic rings. The third kappa shape index (κ3) is 3.93. The molecule has 146 valence electrons. The highest BCUT2D eigenvalue weighted by Gasteiger charge is 2.12. The number of carbonyl (C=O) groups excluding carboxylic acids is 1. The number of nitrogens with one attached hydrogen (secondary N) is 1. The van der Waals surface area contributed by atoms with Gasteiger partial charge in [-0.2, -0.15) is 0 Å². The molecule has 1 aromatic heterocycles. The topological polar surface area (TPSA) is 78.8 Å². The molecule has 7 heteroatoms. The van der Waals surface area contributed by atoms with Gasteiger partial charge in [-0.05, 0) is 31.2 Å². The standard InChI is InChI=1S/C21H22N2O5/c1-4-23-17-8-6-5-7-15(17)18(12-21(23)25)28-13-20(24)22-16-10-9-14(26-2)11-19(16)27-3/h5-12H,4,13H2,1-3H3,(H,22,24). The van der Waals surface area contributed by atoms with Crippen LogP contribution in [0.25, 0.3) is 10.9 Å². The quantitative estimate of drug-likeness (QED) is 0.679. The average molecular weight is 382 g/mol. The SMILES string of the molecule is CCn1c(=O)cc(OCC(=O)Nc2ccc(OC)cc2OC)c2ccccc21. The molecule has 7 nitrogen and oxygen atoms in total. The third-order valence-electron chi connectivity index (χ3n) is 4.34. The first kappa shape index (κ1) is 19.3. The molecule has 2 aromatic carbocycles. The maximum absolute atomic E-state index is 12.3. The van der Waals surface area contributed by atoms with Crippen LogP contribution in [0.3, 0.4) is 0 Å². The number of benzene rings is 2. The second-order valence-electron chi connectivity index (χ2n) is 6.01. The molecule has 0 fully saturated rings. The number of para-hydroxylation sites is 1. The summed E-state index contributed by atoms with van der Waals surface area (Å²) >= 11 is 0. The molecule has 3 rings (SSSR count). The summed E-state index contributed by atoms with van der Waals surface area (Å²) in [6, 6.07) is 13.9. The molecule has 0 aliphatic carbocycles. The summed E-state index contributed by atoms with van der Waals surface area (Å²) in [5, 5.41) is 3.52. The third-order valence-corrected chi connectivity index (χ3v) is 4.34. The van der Waals surface area contributed by atoms with Crippen molar-refractivity contribution in [2.24, 2.45) is 0 Å². The number of carbonyl (C=O) groups is 1. The normalized spacial score (nSPS) is 10.5. The van der Waals surface area contributed by atoms with E-state index in [1.165, 1.54) is 13.2 Å². The number of pyridine rings is 1. The van der Waals surface area contributed by atoms with Crippen LogP contribution in [-0.4, -0.2) is 31.3 Å². The Bertz CT molecular complexity index is 1060.